The molecule has 1 amide bonds. The lowest BCUT2D eigenvalue weighted by Gasteiger charge is -2.39. The van der Waals surface area contributed by atoms with Gasteiger partial charge in [0, 0.05) is 5.54 Å². The molecule has 0 bridgehead atoms. The molecule has 3 heteroatoms. The van der Waals surface area contributed by atoms with Gasteiger partial charge in [-0.3, -0.25) is 4.79 Å². The third-order valence-corrected chi connectivity index (χ3v) is 2.96. The highest BCUT2D eigenvalue weighted by Crippen LogP contribution is 2.29. The van der Waals surface area contributed by atoms with Crippen LogP contribution in [0.2, 0.25) is 0 Å². The maximum atomic E-state index is 11.1. The lowest BCUT2D eigenvalue weighted by molar-refractivity contribution is -0.121. The monoisotopic (exact) mass is 235 g/mol. The van der Waals surface area contributed by atoms with Crippen molar-refractivity contribution in [1.29, 1.82) is 0 Å². The van der Waals surface area contributed by atoms with Gasteiger partial charge < -0.3 is 5.32 Å². The van der Waals surface area contributed by atoms with Gasteiger partial charge >= 0.3 is 0 Å². The summed E-state index contributed by atoms with van der Waals surface area (Å²) in [5.74, 6) is 0.0370. The summed E-state index contributed by atoms with van der Waals surface area (Å²) in [6.07, 6.45) is 0. The van der Waals surface area contributed by atoms with Crippen molar-refractivity contribution in [3.63, 3.8) is 0 Å². The van der Waals surface area contributed by atoms with Gasteiger partial charge in [-0.05, 0) is 19.3 Å². The quantitative estimate of drug-likeness (QED) is 0.732. The maximum absolute atomic E-state index is 11.1. The molecule has 0 spiro atoms. The first-order valence-electron chi connectivity index (χ1n) is 4.07. The Balaban J connectivity index is 4.33. The molecule has 0 atom stereocenters. The van der Waals surface area contributed by atoms with Gasteiger partial charge in [0.15, 0.2) is 0 Å². The minimum Gasteiger partial charge on any atom is -0.350 e. The van der Waals surface area contributed by atoms with Gasteiger partial charge in [-0.2, -0.15) is 0 Å². The van der Waals surface area contributed by atoms with E-state index in [9.17, 15) is 4.79 Å². The van der Waals surface area contributed by atoms with E-state index in [-0.39, 0.29) is 16.9 Å². The lowest BCUT2D eigenvalue weighted by atomic mass is 9.76. The molecule has 0 aromatic carbocycles. The molecule has 0 saturated heterocycles. The summed E-state index contributed by atoms with van der Waals surface area (Å²) >= 11 is 3.12. The molecule has 0 unspecified atom stereocenters. The second-order valence-electron chi connectivity index (χ2n) is 4.56. The average Bonchev–Trinajstić information content (AvgIpc) is 1.84. The molecule has 2 nitrogen and oxygen atoms in total. The average molecular weight is 236 g/mol. The van der Waals surface area contributed by atoms with Crippen molar-refractivity contribution in [2.24, 2.45) is 5.41 Å². The number of carbonyl (C=O) groups is 1. The second kappa shape index (κ2) is 3.77. The molecule has 0 saturated carbocycles. The first-order valence-corrected chi connectivity index (χ1v) is 5.20. The summed E-state index contributed by atoms with van der Waals surface area (Å²) in [7, 11) is 0. The standard InChI is InChI=1S/C9H18BrNO/c1-8(2,3)9(4,5)11-7(12)6-10/h6H2,1-5H3,(H,11,12). The molecule has 0 aliphatic carbocycles. The van der Waals surface area contributed by atoms with Crippen molar-refractivity contribution in [1.82, 2.24) is 5.32 Å². The highest BCUT2D eigenvalue weighted by molar-refractivity contribution is 9.09. The summed E-state index contributed by atoms with van der Waals surface area (Å²) in [6, 6.07) is 0. The lowest BCUT2D eigenvalue weighted by Crippen LogP contribution is -2.52. The molecular formula is C9H18BrNO. The molecule has 0 rings (SSSR count). The van der Waals surface area contributed by atoms with Gasteiger partial charge in [0.2, 0.25) is 5.91 Å². The van der Waals surface area contributed by atoms with Crippen LogP contribution in [0.4, 0.5) is 0 Å². The Morgan fingerprint density at radius 2 is 1.67 bits per heavy atom. The Morgan fingerprint density at radius 1 is 1.25 bits per heavy atom. The van der Waals surface area contributed by atoms with E-state index in [1.807, 2.05) is 13.8 Å². The zero-order valence-corrected chi connectivity index (χ0v) is 10.1. The predicted octanol–water partition coefficient (Wildman–Crippen LogP) is 2.32. The summed E-state index contributed by atoms with van der Waals surface area (Å²) in [4.78, 5) is 11.1. The van der Waals surface area contributed by atoms with Crippen molar-refractivity contribution in [3.8, 4) is 0 Å². The van der Waals surface area contributed by atoms with Gasteiger partial charge in [-0.25, -0.2) is 0 Å². The number of amides is 1. The number of rotatable bonds is 2. The maximum Gasteiger partial charge on any atom is 0.231 e. The van der Waals surface area contributed by atoms with Gasteiger partial charge in [-0.15, -0.1) is 0 Å². The van der Waals surface area contributed by atoms with E-state index in [1.165, 1.54) is 0 Å². The Morgan fingerprint density at radius 3 is 1.92 bits per heavy atom. The molecule has 0 aliphatic heterocycles. The van der Waals surface area contributed by atoms with Crippen LogP contribution in [0.25, 0.3) is 0 Å². The van der Waals surface area contributed by atoms with E-state index in [4.69, 9.17) is 0 Å². The van der Waals surface area contributed by atoms with E-state index < -0.39 is 0 Å². The molecule has 0 heterocycles. The van der Waals surface area contributed by atoms with Gasteiger partial charge in [-0.1, -0.05) is 36.7 Å². The molecule has 0 aromatic rings. The van der Waals surface area contributed by atoms with Crippen LogP contribution in [-0.4, -0.2) is 16.8 Å². The van der Waals surface area contributed by atoms with Crippen molar-refractivity contribution in [2.45, 2.75) is 40.2 Å². The molecule has 0 aromatic heterocycles. The number of hydrogen-bond donors (Lipinski definition) is 1. The third kappa shape index (κ3) is 3.13. The van der Waals surface area contributed by atoms with Crippen molar-refractivity contribution in [3.05, 3.63) is 0 Å². The first kappa shape index (κ1) is 11.9. The number of nitrogens with one attached hydrogen (secondary N) is 1. The fourth-order valence-corrected chi connectivity index (χ4v) is 0.710. The van der Waals surface area contributed by atoms with Gasteiger partial charge in [0.05, 0.1) is 5.33 Å². The molecule has 12 heavy (non-hydrogen) atoms. The summed E-state index contributed by atoms with van der Waals surface area (Å²) in [5, 5.41) is 3.33. The predicted molar refractivity (Wildman–Crippen MR) is 55.5 cm³/mol. The Labute approximate surface area is 83.2 Å². The van der Waals surface area contributed by atoms with E-state index in [2.05, 4.69) is 42.0 Å². The van der Waals surface area contributed by atoms with Crippen LogP contribution in [0.3, 0.4) is 0 Å². The molecule has 0 radical (unpaired) electrons. The molecule has 72 valence electrons. The zero-order chi connectivity index (χ0) is 9.99. The van der Waals surface area contributed by atoms with Crippen LogP contribution in [0.1, 0.15) is 34.6 Å². The molecular weight excluding hydrogens is 218 g/mol. The van der Waals surface area contributed by atoms with Gasteiger partial charge in [0.25, 0.3) is 0 Å². The first-order chi connectivity index (χ1) is 5.20. The van der Waals surface area contributed by atoms with E-state index in [0.717, 1.165) is 0 Å². The van der Waals surface area contributed by atoms with Crippen LogP contribution >= 0.6 is 15.9 Å². The Bertz CT molecular complexity index is 170. The van der Waals surface area contributed by atoms with Crippen molar-refractivity contribution < 1.29 is 4.79 Å². The summed E-state index contributed by atoms with van der Waals surface area (Å²) in [5.41, 5.74) is -0.0946. The Kier molecular flexibility index (Phi) is 3.76. The minimum atomic E-state index is -0.169. The molecule has 0 fully saturated rings. The SMILES string of the molecule is CC(C)(C)C(C)(C)NC(=O)CBr. The summed E-state index contributed by atoms with van der Waals surface area (Å²) in [6.45, 7) is 10.4. The van der Waals surface area contributed by atoms with E-state index >= 15 is 0 Å². The zero-order valence-electron chi connectivity index (χ0n) is 8.49. The third-order valence-electron chi connectivity index (χ3n) is 2.45. The van der Waals surface area contributed by atoms with Crippen LogP contribution in [-0.2, 0) is 4.79 Å². The van der Waals surface area contributed by atoms with Crippen molar-refractivity contribution in [2.75, 3.05) is 5.33 Å². The minimum absolute atomic E-state index is 0.0370. The van der Waals surface area contributed by atoms with E-state index in [1.54, 1.807) is 0 Å². The summed E-state index contributed by atoms with van der Waals surface area (Å²) < 4.78 is 0. The number of halogens is 1. The second-order valence-corrected chi connectivity index (χ2v) is 5.12. The Hall–Kier alpha value is -0.0500. The van der Waals surface area contributed by atoms with Crippen molar-refractivity contribution >= 4 is 21.8 Å². The highest BCUT2D eigenvalue weighted by Gasteiger charge is 2.33. The number of hydrogen-bond acceptors (Lipinski definition) is 1. The van der Waals surface area contributed by atoms with Crippen LogP contribution < -0.4 is 5.32 Å². The highest BCUT2D eigenvalue weighted by atomic mass is 79.9. The van der Waals surface area contributed by atoms with Crippen LogP contribution in [0.15, 0.2) is 0 Å². The number of carbonyl (C=O) groups excluding carboxylic acids is 1. The van der Waals surface area contributed by atoms with E-state index in [0.29, 0.717) is 5.33 Å². The topological polar surface area (TPSA) is 29.1 Å². The fraction of sp³-hybridized carbons (Fsp3) is 0.889. The number of alkyl halides is 1. The largest absolute Gasteiger partial charge is 0.350 e. The van der Waals surface area contributed by atoms with Gasteiger partial charge in [0.1, 0.15) is 0 Å². The van der Waals surface area contributed by atoms with Crippen LogP contribution in [0, 0.1) is 5.41 Å². The molecule has 1 N–H and O–H groups in total. The fourth-order valence-electron chi connectivity index (χ4n) is 0.569. The normalized spacial score (nSPS) is 12.8. The molecule has 0 aliphatic rings. The smallest absolute Gasteiger partial charge is 0.231 e. The van der Waals surface area contributed by atoms with Crippen LogP contribution in [0.5, 0.6) is 0 Å².